The highest BCUT2D eigenvalue weighted by molar-refractivity contribution is 8.00. The van der Waals surface area contributed by atoms with E-state index in [1.165, 1.54) is 12.8 Å². The van der Waals surface area contributed by atoms with Crippen LogP contribution in [0.5, 0.6) is 0 Å². The molecule has 0 N–H and O–H groups in total. The first-order chi connectivity index (χ1) is 14.3. The van der Waals surface area contributed by atoms with E-state index < -0.39 is 0 Å². The van der Waals surface area contributed by atoms with Gasteiger partial charge in [0, 0.05) is 36.2 Å². The summed E-state index contributed by atoms with van der Waals surface area (Å²) in [6, 6.07) is 6.39. The van der Waals surface area contributed by atoms with Gasteiger partial charge in [0.1, 0.15) is 10.9 Å². The lowest BCUT2D eigenvalue weighted by Gasteiger charge is -2.25. The Morgan fingerprint density at radius 1 is 1.31 bits per heavy atom. The molecule has 0 aromatic carbocycles. The van der Waals surface area contributed by atoms with Gasteiger partial charge >= 0.3 is 6.02 Å². The van der Waals surface area contributed by atoms with Crippen molar-refractivity contribution in [1.29, 1.82) is 5.26 Å². The maximum atomic E-state index is 9.83. The average molecular weight is 408 g/mol. The second-order valence-electron chi connectivity index (χ2n) is 7.55. The molecule has 3 aliphatic rings. The first kappa shape index (κ1) is 19.8. The first-order valence-electron chi connectivity index (χ1n) is 10.2. The van der Waals surface area contributed by atoms with Gasteiger partial charge in [-0.25, -0.2) is 15.0 Å². The van der Waals surface area contributed by atoms with Gasteiger partial charge in [-0.15, -0.1) is 0 Å². The van der Waals surface area contributed by atoms with Gasteiger partial charge in [-0.3, -0.25) is 4.99 Å². The van der Waals surface area contributed by atoms with E-state index in [0.29, 0.717) is 36.6 Å². The topological polar surface area (TPSA) is 83.0 Å². The van der Waals surface area contributed by atoms with Gasteiger partial charge in [0.25, 0.3) is 0 Å². The molecule has 0 radical (unpaired) electrons. The molecule has 1 aromatic heterocycles. The van der Waals surface area contributed by atoms with Gasteiger partial charge < -0.3 is 4.74 Å². The Morgan fingerprint density at radius 3 is 2.97 bits per heavy atom. The van der Waals surface area contributed by atoms with Crippen molar-refractivity contribution in [2.45, 2.75) is 43.7 Å². The Labute approximate surface area is 175 Å². The third kappa shape index (κ3) is 4.76. The number of aliphatic imine (C=N–C) groups is 3. The second-order valence-corrected chi connectivity index (χ2v) is 8.52. The maximum Gasteiger partial charge on any atom is 0.311 e. The normalized spacial score (nSPS) is 26.7. The number of rotatable bonds is 5. The summed E-state index contributed by atoms with van der Waals surface area (Å²) in [4.78, 5) is 18.0. The molecule has 2 aliphatic heterocycles. The highest BCUT2D eigenvalue weighted by Crippen LogP contribution is 2.34. The molecule has 29 heavy (non-hydrogen) atoms. The van der Waals surface area contributed by atoms with Crippen LogP contribution in [-0.4, -0.2) is 41.3 Å². The van der Waals surface area contributed by atoms with E-state index in [4.69, 9.17) is 9.73 Å². The van der Waals surface area contributed by atoms with Gasteiger partial charge in [0.05, 0.1) is 24.4 Å². The average Bonchev–Trinajstić information content (AvgIpc) is 2.79. The van der Waals surface area contributed by atoms with Crippen molar-refractivity contribution in [3.63, 3.8) is 0 Å². The number of nitriles is 1. The van der Waals surface area contributed by atoms with E-state index >= 15 is 0 Å². The van der Waals surface area contributed by atoms with Crippen LogP contribution < -0.4 is 0 Å². The van der Waals surface area contributed by atoms with Crippen LogP contribution in [0.4, 0.5) is 5.69 Å². The molecule has 0 bridgehead atoms. The second kappa shape index (κ2) is 9.36. The summed E-state index contributed by atoms with van der Waals surface area (Å²) >= 11 is 1.62. The predicted molar refractivity (Wildman–Crippen MR) is 117 cm³/mol. The molecule has 7 heteroatoms. The summed E-state index contributed by atoms with van der Waals surface area (Å²) in [5.74, 6) is 1.38. The first-order valence-corrected chi connectivity index (χ1v) is 11.2. The van der Waals surface area contributed by atoms with Crippen molar-refractivity contribution in [3.05, 3.63) is 30.5 Å². The van der Waals surface area contributed by atoms with E-state index in [1.54, 1.807) is 18.0 Å². The minimum absolute atomic E-state index is 0.212. The van der Waals surface area contributed by atoms with E-state index in [1.807, 2.05) is 18.3 Å². The van der Waals surface area contributed by atoms with Crippen LogP contribution in [0.25, 0.3) is 0 Å². The van der Waals surface area contributed by atoms with Crippen LogP contribution in [0.15, 0.2) is 50.5 Å². The minimum Gasteiger partial charge on any atom is -0.463 e. The predicted octanol–water partition coefficient (Wildman–Crippen LogP) is 4.61. The Bertz CT molecular complexity index is 901. The fourth-order valence-electron chi connectivity index (χ4n) is 3.80. The number of aromatic nitrogens is 1. The molecule has 1 aliphatic carbocycles. The molecule has 0 fully saturated rings. The summed E-state index contributed by atoms with van der Waals surface area (Å²) in [6.45, 7) is 2.82. The van der Waals surface area contributed by atoms with E-state index in [-0.39, 0.29) is 12.0 Å². The number of nitrogens with zero attached hydrogens (tertiary/aromatic N) is 5. The fraction of sp³-hybridized carbons (Fsp3) is 0.500. The SMILES string of the molecule is CCC1C=CC(COC2=NC(C(C#N)C3=Nc4cccnc4SC3)CC=N2)CC1. The van der Waals surface area contributed by atoms with Crippen molar-refractivity contribution in [3.8, 4) is 6.07 Å². The number of thioether (sulfide) groups is 1. The Hall–Kier alpha value is -2.46. The number of ether oxygens (including phenoxy) is 1. The number of hydrogen-bond donors (Lipinski definition) is 0. The molecule has 6 nitrogen and oxygen atoms in total. The molecule has 3 heterocycles. The van der Waals surface area contributed by atoms with Crippen LogP contribution in [0.2, 0.25) is 0 Å². The molecule has 150 valence electrons. The summed E-state index contributed by atoms with van der Waals surface area (Å²) in [7, 11) is 0. The zero-order chi connectivity index (χ0) is 20.1. The molecule has 0 amide bonds. The Balaban J connectivity index is 1.42. The van der Waals surface area contributed by atoms with Gasteiger partial charge in [-0.2, -0.15) is 5.26 Å². The standard InChI is InChI=1S/C22H25N5OS/c1-2-15-5-7-16(8-6-15)13-28-22-25-11-9-18(27-22)17(12-23)20-14-29-21-19(26-20)4-3-10-24-21/h3-5,7,10-11,15-18H,2,6,8-9,13-14H2,1H3. The van der Waals surface area contributed by atoms with Crippen molar-refractivity contribution in [2.75, 3.05) is 12.4 Å². The quantitative estimate of drug-likeness (QED) is 0.668. The van der Waals surface area contributed by atoms with Gasteiger partial charge in [0.2, 0.25) is 0 Å². The van der Waals surface area contributed by atoms with Gasteiger partial charge in [-0.1, -0.05) is 30.8 Å². The lowest BCUT2D eigenvalue weighted by atomic mass is 9.88. The van der Waals surface area contributed by atoms with E-state index in [0.717, 1.165) is 22.8 Å². The van der Waals surface area contributed by atoms with Crippen LogP contribution in [0.3, 0.4) is 0 Å². The zero-order valence-corrected chi connectivity index (χ0v) is 17.4. The van der Waals surface area contributed by atoms with Crippen molar-refractivity contribution in [2.24, 2.45) is 32.7 Å². The molecule has 4 rings (SSSR count). The van der Waals surface area contributed by atoms with Crippen molar-refractivity contribution < 1.29 is 4.74 Å². The monoisotopic (exact) mass is 407 g/mol. The molecule has 4 atom stereocenters. The fourth-order valence-corrected chi connectivity index (χ4v) is 4.72. The zero-order valence-electron chi connectivity index (χ0n) is 16.6. The molecule has 0 saturated carbocycles. The number of allylic oxidation sites excluding steroid dienone is 1. The third-order valence-corrected chi connectivity index (χ3v) is 6.62. The number of amidine groups is 1. The summed E-state index contributed by atoms with van der Waals surface area (Å²) < 4.78 is 5.90. The lowest BCUT2D eigenvalue weighted by molar-refractivity contribution is 0.238. The lowest BCUT2D eigenvalue weighted by Crippen LogP contribution is -2.31. The maximum absolute atomic E-state index is 9.83. The summed E-state index contributed by atoms with van der Waals surface area (Å²) in [6.07, 6.45) is 12.3. The molecule has 0 spiro atoms. The largest absolute Gasteiger partial charge is 0.463 e. The molecular formula is C22H25N5OS. The number of pyridine rings is 1. The van der Waals surface area contributed by atoms with Gasteiger partial charge in [-0.05, 0) is 37.3 Å². The molecule has 4 unspecified atom stereocenters. The Kier molecular flexibility index (Phi) is 6.40. The van der Waals surface area contributed by atoms with Gasteiger partial charge in [0.15, 0.2) is 0 Å². The smallest absolute Gasteiger partial charge is 0.311 e. The third-order valence-electron chi connectivity index (χ3n) is 5.59. The highest BCUT2D eigenvalue weighted by atomic mass is 32.2. The summed E-state index contributed by atoms with van der Waals surface area (Å²) in [5.41, 5.74) is 1.68. The van der Waals surface area contributed by atoms with Crippen LogP contribution in [-0.2, 0) is 4.74 Å². The number of hydrogen-bond acceptors (Lipinski definition) is 7. The molecular weight excluding hydrogens is 382 g/mol. The van der Waals surface area contributed by atoms with E-state index in [9.17, 15) is 5.26 Å². The molecule has 0 saturated heterocycles. The summed E-state index contributed by atoms with van der Waals surface area (Å²) in [5, 5.41) is 10.7. The Morgan fingerprint density at radius 2 is 2.17 bits per heavy atom. The van der Waals surface area contributed by atoms with Crippen LogP contribution in [0.1, 0.15) is 32.6 Å². The van der Waals surface area contributed by atoms with Crippen LogP contribution in [0, 0.1) is 29.1 Å². The van der Waals surface area contributed by atoms with E-state index in [2.05, 4.69) is 40.1 Å². The molecule has 1 aromatic rings. The highest BCUT2D eigenvalue weighted by Gasteiger charge is 2.30. The van der Waals surface area contributed by atoms with Crippen molar-refractivity contribution in [1.82, 2.24) is 4.98 Å². The number of fused-ring (bicyclic) bond motifs is 1. The minimum atomic E-state index is -0.388. The van der Waals surface area contributed by atoms with Crippen LogP contribution >= 0.6 is 11.8 Å². The van der Waals surface area contributed by atoms with Crippen molar-refractivity contribution >= 4 is 35.4 Å².